The number of carbonyl (C=O) groups is 1. The summed E-state index contributed by atoms with van der Waals surface area (Å²) in [5.41, 5.74) is 0. The molecule has 0 aromatic heterocycles. The first-order chi connectivity index (χ1) is 8.47. The summed E-state index contributed by atoms with van der Waals surface area (Å²) in [6.07, 6.45) is 8.53. The van der Waals surface area contributed by atoms with Gasteiger partial charge in [0.25, 0.3) is 0 Å². The largest absolute Gasteiger partial charge is 0.352 e. The number of sulfonamides is 1. The normalized spacial score (nSPS) is 22.1. The van der Waals surface area contributed by atoms with Crippen LogP contribution in [-0.4, -0.2) is 43.5 Å². The Morgan fingerprint density at radius 3 is 2.28 bits per heavy atom. The third kappa shape index (κ3) is 3.95. The highest BCUT2D eigenvalue weighted by molar-refractivity contribution is 7.88. The predicted octanol–water partition coefficient (Wildman–Crippen LogP) is 0.859. The first-order valence-corrected chi connectivity index (χ1v) is 8.58. The van der Waals surface area contributed by atoms with Gasteiger partial charge < -0.3 is 5.32 Å². The van der Waals surface area contributed by atoms with Crippen LogP contribution in [0.1, 0.15) is 44.9 Å². The fourth-order valence-corrected chi connectivity index (χ4v) is 3.65. The van der Waals surface area contributed by atoms with Crippen molar-refractivity contribution in [1.29, 1.82) is 0 Å². The smallest absolute Gasteiger partial charge is 0.235 e. The molecule has 1 amide bonds. The second-order valence-electron chi connectivity index (χ2n) is 5.44. The van der Waals surface area contributed by atoms with E-state index in [0.717, 1.165) is 38.5 Å². The van der Waals surface area contributed by atoms with Crippen molar-refractivity contribution in [3.8, 4) is 0 Å². The quantitative estimate of drug-likeness (QED) is 0.808. The maximum Gasteiger partial charge on any atom is 0.235 e. The molecule has 1 N–H and O–H groups in total. The number of hydrogen-bond acceptors (Lipinski definition) is 3. The van der Waals surface area contributed by atoms with Gasteiger partial charge in [0.05, 0.1) is 12.8 Å². The summed E-state index contributed by atoms with van der Waals surface area (Å²) < 4.78 is 24.5. The molecule has 0 aliphatic heterocycles. The summed E-state index contributed by atoms with van der Waals surface area (Å²) in [6, 6.07) is 0.295. The van der Waals surface area contributed by atoms with Crippen molar-refractivity contribution in [3.05, 3.63) is 0 Å². The minimum atomic E-state index is -3.27. The fraction of sp³-hybridized carbons (Fsp3) is 0.917. The minimum absolute atomic E-state index is 0.0139. The van der Waals surface area contributed by atoms with Crippen LogP contribution in [-0.2, 0) is 14.8 Å². The van der Waals surface area contributed by atoms with E-state index < -0.39 is 10.0 Å². The van der Waals surface area contributed by atoms with Crippen LogP contribution in [0.5, 0.6) is 0 Å². The SMILES string of the molecule is CS(=O)(=O)N(CC(=O)NC1CCCCC1)C1CC1. The van der Waals surface area contributed by atoms with Crippen molar-refractivity contribution >= 4 is 15.9 Å². The standard InChI is InChI=1S/C12H22N2O3S/c1-18(16,17)14(11-7-8-11)9-12(15)13-10-5-3-2-4-6-10/h10-11H,2-9H2,1H3,(H,13,15). The zero-order chi connectivity index (χ0) is 13.2. The summed E-state index contributed by atoms with van der Waals surface area (Å²) in [5, 5.41) is 2.96. The molecule has 2 aliphatic rings. The third-order valence-electron chi connectivity index (χ3n) is 3.65. The van der Waals surface area contributed by atoms with Crippen molar-refractivity contribution in [2.24, 2.45) is 0 Å². The number of rotatable bonds is 5. The molecular formula is C12H22N2O3S. The first kappa shape index (κ1) is 13.8. The molecule has 2 aliphatic carbocycles. The summed E-state index contributed by atoms with van der Waals surface area (Å²) in [5.74, 6) is -0.153. The molecule has 104 valence electrons. The van der Waals surface area contributed by atoms with Gasteiger partial charge in [-0.15, -0.1) is 0 Å². The predicted molar refractivity (Wildman–Crippen MR) is 69.6 cm³/mol. The van der Waals surface area contributed by atoms with Gasteiger partial charge in [0.1, 0.15) is 0 Å². The van der Waals surface area contributed by atoms with E-state index in [2.05, 4.69) is 5.32 Å². The summed E-state index contributed by atoms with van der Waals surface area (Å²) in [6.45, 7) is -0.0139. The molecule has 0 unspecified atom stereocenters. The van der Waals surface area contributed by atoms with Gasteiger partial charge in [0.2, 0.25) is 15.9 Å². The molecule has 2 saturated carbocycles. The second kappa shape index (κ2) is 5.57. The van der Waals surface area contributed by atoms with Crippen molar-refractivity contribution < 1.29 is 13.2 Å². The molecule has 2 rings (SSSR count). The Morgan fingerprint density at radius 2 is 1.78 bits per heavy atom. The summed E-state index contributed by atoms with van der Waals surface area (Å²) in [7, 11) is -3.27. The van der Waals surface area contributed by atoms with Gasteiger partial charge in [0.15, 0.2) is 0 Å². The van der Waals surface area contributed by atoms with Crippen molar-refractivity contribution in [1.82, 2.24) is 9.62 Å². The molecule has 0 atom stereocenters. The average molecular weight is 274 g/mol. The van der Waals surface area contributed by atoms with Gasteiger partial charge in [-0.05, 0) is 25.7 Å². The molecule has 0 heterocycles. The lowest BCUT2D eigenvalue weighted by atomic mass is 9.95. The lowest BCUT2D eigenvalue weighted by molar-refractivity contribution is -0.122. The Balaban J connectivity index is 1.85. The van der Waals surface area contributed by atoms with Crippen LogP contribution in [0, 0.1) is 0 Å². The Hall–Kier alpha value is -0.620. The molecule has 0 radical (unpaired) electrons. The van der Waals surface area contributed by atoms with Gasteiger partial charge in [-0.2, -0.15) is 4.31 Å². The second-order valence-corrected chi connectivity index (χ2v) is 7.38. The van der Waals surface area contributed by atoms with E-state index in [9.17, 15) is 13.2 Å². The lowest BCUT2D eigenvalue weighted by Gasteiger charge is -2.25. The Bertz CT molecular complexity index is 398. The van der Waals surface area contributed by atoms with Crippen LogP contribution in [0.3, 0.4) is 0 Å². The monoisotopic (exact) mass is 274 g/mol. The van der Waals surface area contributed by atoms with E-state index in [4.69, 9.17) is 0 Å². The van der Waals surface area contributed by atoms with Gasteiger partial charge >= 0.3 is 0 Å². The molecule has 5 nitrogen and oxygen atoms in total. The van der Waals surface area contributed by atoms with Crippen LogP contribution < -0.4 is 5.32 Å². The van der Waals surface area contributed by atoms with Gasteiger partial charge in [-0.1, -0.05) is 19.3 Å². The average Bonchev–Trinajstić information content (AvgIpc) is 3.09. The molecule has 0 aromatic rings. The van der Waals surface area contributed by atoms with Gasteiger partial charge in [-0.3, -0.25) is 4.79 Å². The lowest BCUT2D eigenvalue weighted by Crippen LogP contribution is -2.45. The molecule has 2 fully saturated rings. The van der Waals surface area contributed by atoms with Crippen molar-refractivity contribution in [2.45, 2.75) is 57.0 Å². The fourth-order valence-electron chi connectivity index (χ4n) is 2.54. The first-order valence-electron chi connectivity index (χ1n) is 6.73. The van der Waals surface area contributed by atoms with Crippen LogP contribution in [0.2, 0.25) is 0 Å². The molecule has 6 heteroatoms. The maximum atomic E-state index is 11.9. The number of nitrogens with zero attached hydrogens (tertiary/aromatic N) is 1. The molecule has 0 bridgehead atoms. The number of amides is 1. The number of nitrogens with one attached hydrogen (secondary N) is 1. The molecular weight excluding hydrogens is 252 g/mol. The zero-order valence-electron chi connectivity index (χ0n) is 10.9. The molecule has 0 spiro atoms. The van der Waals surface area contributed by atoms with E-state index in [1.54, 1.807) is 0 Å². The van der Waals surface area contributed by atoms with Crippen molar-refractivity contribution in [3.63, 3.8) is 0 Å². The highest BCUT2D eigenvalue weighted by Crippen LogP contribution is 2.28. The van der Waals surface area contributed by atoms with Crippen molar-refractivity contribution in [2.75, 3.05) is 12.8 Å². The van der Waals surface area contributed by atoms with Crippen LogP contribution in [0.15, 0.2) is 0 Å². The number of hydrogen-bond donors (Lipinski definition) is 1. The molecule has 0 aromatic carbocycles. The van der Waals surface area contributed by atoms with E-state index >= 15 is 0 Å². The Labute approximate surface area is 109 Å². The van der Waals surface area contributed by atoms with Crippen LogP contribution >= 0.6 is 0 Å². The highest BCUT2D eigenvalue weighted by Gasteiger charge is 2.36. The highest BCUT2D eigenvalue weighted by atomic mass is 32.2. The van der Waals surface area contributed by atoms with E-state index in [1.807, 2.05) is 0 Å². The van der Waals surface area contributed by atoms with E-state index in [0.29, 0.717) is 0 Å². The van der Waals surface area contributed by atoms with Gasteiger partial charge in [0, 0.05) is 12.1 Å². The summed E-state index contributed by atoms with van der Waals surface area (Å²) >= 11 is 0. The van der Waals surface area contributed by atoms with Crippen LogP contribution in [0.25, 0.3) is 0 Å². The maximum absolute atomic E-state index is 11.9. The summed E-state index contributed by atoms with van der Waals surface area (Å²) in [4.78, 5) is 11.9. The molecule has 0 saturated heterocycles. The third-order valence-corrected chi connectivity index (χ3v) is 4.93. The topological polar surface area (TPSA) is 66.5 Å². The van der Waals surface area contributed by atoms with Gasteiger partial charge in [-0.25, -0.2) is 8.42 Å². The zero-order valence-corrected chi connectivity index (χ0v) is 11.7. The number of carbonyl (C=O) groups excluding carboxylic acids is 1. The van der Waals surface area contributed by atoms with Crippen LogP contribution in [0.4, 0.5) is 0 Å². The van der Waals surface area contributed by atoms with E-state index in [1.165, 1.54) is 17.0 Å². The Kier molecular flexibility index (Phi) is 4.27. The van der Waals surface area contributed by atoms with E-state index in [-0.39, 0.29) is 24.5 Å². The Morgan fingerprint density at radius 1 is 1.17 bits per heavy atom. The molecule has 18 heavy (non-hydrogen) atoms. The minimum Gasteiger partial charge on any atom is -0.352 e.